The molecule has 0 aliphatic carbocycles. The lowest BCUT2D eigenvalue weighted by atomic mass is 10.1. The van der Waals surface area contributed by atoms with Crippen LogP contribution < -0.4 is 25.4 Å². The van der Waals surface area contributed by atoms with Crippen molar-refractivity contribution < 1.29 is 19.1 Å². The number of benzene rings is 3. The topological polar surface area (TPSA) is 88.7 Å². The van der Waals surface area contributed by atoms with E-state index in [0.29, 0.717) is 33.5 Å². The number of hydrogen-bond acceptors (Lipinski definition) is 5. The summed E-state index contributed by atoms with van der Waals surface area (Å²) in [4.78, 5) is 25.0. The molecule has 164 valence electrons. The van der Waals surface area contributed by atoms with E-state index < -0.39 is 5.91 Å². The first-order chi connectivity index (χ1) is 15.4. The van der Waals surface area contributed by atoms with E-state index in [2.05, 4.69) is 16.0 Å². The Hall–Kier alpha value is -3.62. The number of thiocarbonyl (C=S) groups is 1. The number of anilines is 2. The smallest absolute Gasteiger partial charge is 0.264 e. The number of nitrogens with one attached hydrogen (secondary N) is 3. The van der Waals surface area contributed by atoms with Gasteiger partial charge in [-0.1, -0.05) is 23.7 Å². The Bertz CT molecular complexity index is 1130. The first-order valence-corrected chi connectivity index (χ1v) is 10.2. The lowest BCUT2D eigenvalue weighted by molar-refractivity contribution is 0.0970. The number of carbonyl (C=O) groups is 2. The number of halogens is 1. The van der Waals surface area contributed by atoms with E-state index in [9.17, 15) is 9.59 Å². The van der Waals surface area contributed by atoms with Gasteiger partial charge in [0.25, 0.3) is 11.8 Å². The van der Waals surface area contributed by atoms with Gasteiger partial charge in [0.05, 0.1) is 14.2 Å². The Morgan fingerprint density at radius 1 is 0.812 bits per heavy atom. The second-order valence-electron chi connectivity index (χ2n) is 6.49. The lowest BCUT2D eigenvalue weighted by Crippen LogP contribution is -2.34. The van der Waals surface area contributed by atoms with Crippen molar-refractivity contribution in [3.8, 4) is 11.5 Å². The Kier molecular flexibility index (Phi) is 7.64. The molecule has 3 aromatic carbocycles. The summed E-state index contributed by atoms with van der Waals surface area (Å²) in [7, 11) is 2.93. The van der Waals surface area contributed by atoms with Gasteiger partial charge in [0.15, 0.2) is 5.11 Å². The molecule has 9 heteroatoms. The van der Waals surface area contributed by atoms with Gasteiger partial charge in [-0.15, -0.1) is 0 Å². The molecule has 3 rings (SSSR count). The van der Waals surface area contributed by atoms with Gasteiger partial charge in [0.1, 0.15) is 17.1 Å². The molecule has 3 N–H and O–H groups in total. The third-order valence-electron chi connectivity index (χ3n) is 4.37. The average molecular weight is 470 g/mol. The van der Waals surface area contributed by atoms with E-state index in [1.165, 1.54) is 14.2 Å². The normalized spacial score (nSPS) is 10.1. The number of methoxy groups -OCH3 is 2. The molecule has 0 unspecified atom stereocenters. The highest BCUT2D eigenvalue weighted by atomic mass is 35.5. The van der Waals surface area contributed by atoms with Crippen LogP contribution >= 0.6 is 23.8 Å². The van der Waals surface area contributed by atoms with E-state index in [1.807, 2.05) is 0 Å². The maximum atomic E-state index is 12.7. The third-order valence-corrected chi connectivity index (χ3v) is 4.81. The monoisotopic (exact) mass is 469 g/mol. The first-order valence-electron chi connectivity index (χ1n) is 9.41. The molecule has 0 aliphatic heterocycles. The Morgan fingerprint density at radius 3 is 1.94 bits per heavy atom. The largest absolute Gasteiger partial charge is 0.496 e. The SMILES string of the molecule is COc1cccc(OC)c1C(=O)NC(=S)Nc1ccc(NC(=O)c2cccc(Cl)c2)cc1. The fourth-order valence-corrected chi connectivity index (χ4v) is 3.27. The molecule has 0 saturated carbocycles. The molecule has 0 aromatic heterocycles. The molecule has 0 aliphatic rings. The van der Waals surface area contributed by atoms with Crippen LogP contribution in [0.5, 0.6) is 11.5 Å². The average Bonchev–Trinajstić information content (AvgIpc) is 2.79. The highest BCUT2D eigenvalue weighted by Gasteiger charge is 2.19. The zero-order chi connectivity index (χ0) is 23.1. The summed E-state index contributed by atoms with van der Waals surface area (Å²) < 4.78 is 10.5. The minimum absolute atomic E-state index is 0.0960. The van der Waals surface area contributed by atoms with Gasteiger partial charge in [0.2, 0.25) is 0 Å². The molecule has 0 spiro atoms. The number of ether oxygens (including phenoxy) is 2. The summed E-state index contributed by atoms with van der Waals surface area (Å²) in [5.74, 6) is -0.0159. The van der Waals surface area contributed by atoms with E-state index in [4.69, 9.17) is 33.3 Å². The second-order valence-corrected chi connectivity index (χ2v) is 7.33. The van der Waals surface area contributed by atoms with Crippen molar-refractivity contribution in [1.29, 1.82) is 0 Å². The first kappa shape index (κ1) is 23.1. The third kappa shape index (κ3) is 5.75. The summed E-state index contributed by atoms with van der Waals surface area (Å²) in [6.07, 6.45) is 0. The van der Waals surface area contributed by atoms with Crippen LogP contribution in [0.3, 0.4) is 0 Å². The van der Waals surface area contributed by atoms with Crippen molar-refractivity contribution in [3.05, 3.63) is 82.9 Å². The predicted octanol–water partition coefficient (Wildman–Crippen LogP) is 4.74. The van der Waals surface area contributed by atoms with Crippen molar-refractivity contribution in [1.82, 2.24) is 5.32 Å². The maximum absolute atomic E-state index is 12.7. The zero-order valence-electron chi connectivity index (χ0n) is 17.3. The van der Waals surface area contributed by atoms with Crippen molar-refractivity contribution in [2.75, 3.05) is 24.9 Å². The van der Waals surface area contributed by atoms with Gasteiger partial charge in [-0.05, 0) is 66.8 Å². The van der Waals surface area contributed by atoms with Crippen LogP contribution in [0.4, 0.5) is 11.4 Å². The number of hydrogen-bond donors (Lipinski definition) is 3. The van der Waals surface area contributed by atoms with Crippen LogP contribution in [0.15, 0.2) is 66.7 Å². The second kappa shape index (κ2) is 10.6. The Morgan fingerprint density at radius 2 is 1.38 bits per heavy atom. The van der Waals surface area contributed by atoms with Gasteiger partial charge in [-0.2, -0.15) is 0 Å². The summed E-state index contributed by atoms with van der Waals surface area (Å²) in [6, 6.07) is 18.6. The Balaban J connectivity index is 1.62. The van der Waals surface area contributed by atoms with Crippen LogP contribution in [0.1, 0.15) is 20.7 Å². The molecule has 0 heterocycles. The standard InChI is InChI=1S/C23H20ClN3O4S/c1-30-18-7-4-8-19(31-2)20(18)22(29)27-23(32)26-17-11-9-16(10-12-17)25-21(28)14-5-3-6-15(24)13-14/h3-13H,1-2H3,(H,25,28)(H2,26,27,29,32). The fraction of sp³-hybridized carbons (Fsp3) is 0.0870. The minimum atomic E-state index is -0.470. The zero-order valence-corrected chi connectivity index (χ0v) is 18.8. The molecule has 0 fully saturated rings. The van der Waals surface area contributed by atoms with Gasteiger partial charge in [-0.3, -0.25) is 14.9 Å². The van der Waals surface area contributed by atoms with Crippen LogP contribution in [-0.2, 0) is 0 Å². The van der Waals surface area contributed by atoms with E-state index in [0.717, 1.165) is 0 Å². The summed E-state index contributed by atoms with van der Waals surface area (Å²) >= 11 is 11.2. The number of rotatable bonds is 6. The van der Waals surface area contributed by atoms with Crippen LogP contribution in [0, 0.1) is 0 Å². The molecule has 7 nitrogen and oxygen atoms in total. The van der Waals surface area contributed by atoms with Gasteiger partial charge in [0, 0.05) is 22.0 Å². The van der Waals surface area contributed by atoms with Crippen molar-refractivity contribution in [2.45, 2.75) is 0 Å². The van der Waals surface area contributed by atoms with Gasteiger partial charge >= 0.3 is 0 Å². The van der Waals surface area contributed by atoms with Crippen LogP contribution in [0.2, 0.25) is 5.02 Å². The molecule has 0 radical (unpaired) electrons. The van der Waals surface area contributed by atoms with Crippen molar-refractivity contribution in [2.24, 2.45) is 0 Å². The highest BCUT2D eigenvalue weighted by molar-refractivity contribution is 7.80. The fourth-order valence-electron chi connectivity index (χ4n) is 2.87. The highest BCUT2D eigenvalue weighted by Crippen LogP contribution is 2.28. The van der Waals surface area contributed by atoms with Gasteiger partial charge < -0.3 is 20.1 Å². The molecular formula is C23H20ClN3O4S. The number of carbonyl (C=O) groups excluding carboxylic acids is 2. The molecular weight excluding hydrogens is 450 g/mol. The van der Waals surface area contributed by atoms with E-state index in [1.54, 1.807) is 66.7 Å². The quantitative estimate of drug-likeness (QED) is 0.452. The molecule has 32 heavy (non-hydrogen) atoms. The van der Waals surface area contributed by atoms with Crippen LogP contribution in [-0.4, -0.2) is 31.1 Å². The van der Waals surface area contributed by atoms with Crippen molar-refractivity contribution in [3.63, 3.8) is 0 Å². The summed E-state index contributed by atoms with van der Waals surface area (Å²) in [6.45, 7) is 0. The summed E-state index contributed by atoms with van der Waals surface area (Å²) in [5.41, 5.74) is 1.91. The van der Waals surface area contributed by atoms with Gasteiger partial charge in [-0.25, -0.2) is 0 Å². The van der Waals surface area contributed by atoms with Crippen LogP contribution in [0.25, 0.3) is 0 Å². The van der Waals surface area contributed by atoms with Crippen molar-refractivity contribution >= 4 is 52.1 Å². The lowest BCUT2D eigenvalue weighted by Gasteiger charge is -2.14. The molecule has 3 aromatic rings. The maximum Gasteiger partial charge on any atom is 0.264 e. The van der Waals surface area contributed by atoms with E-state index in [-0.39, 0.29) is 16.6 Å². The predicted molar refractivity (Wildman–Crippen MR) is 129 cm³/mol. The van der Waals surface area contributed by atoms with E-state index >= 15 is 0 Å². The minimum Gasteiger partial charge on any atom is -0.496 e. The summed E-state index contributed by atoms with van der Waals surface area (Å²) in [5, 5.41) is 8.90. The molecule has 0 bridgehead atoms. The molecule has 0 saturated heterocycles. The Labute approximate surface area is 195 Å². The molecule has 0 atom stereocenters. The molecule has 2 amide bonds. The number of amides is 2.